The highest BCUT2D eigenvalue weighted by atomic mass is 35.5. The predicted molar refractivity (Wildman–Crippen MR) is 82.1 cm³/mol. The van der Waals surface area contributed by atoms with Gasteiger partial charge in [-0.25, -0.2) is 0 Å². The minimum atomic E-state index is -0.0877. The van der Waals surface area contributed by atoms with Gasteiger partial charge in [0.25, 0.3) is 0 Å². The quantitative estimate of drug-likeness (QED) is 0.706. The van der Waals surface area contributed by atoms with Crippen molar-refractivity contribution in [2.75, 3.05) is 52.9 Å². The van der Waals surface area contributed by atoms with Gasteiger partial charge in [0, 0.05) is 26.7 Å². The molecule has 118 valence electrons. The number of carbonyl (C=O) groups is 2. The fourth-order valence-electron chi connectivity index (χ4n) is 2.00. The zero-order valence-electron chi connectivity index (χ0n) is 12.5. The lowest BCUT2D eigenvalue weighted by molar-refractivity contribution is -0.135. The van der Waals surface area contributed by atoms with Gasteiger partial charge in [-0.3, -0.25) is 14.5 Å². The average molecular weight is 307 g/mol. The van der Waals surface area contributed by atoms with Gasteiger partial charge in [0.2, 0.25) is 11.8 Å². The molecular weight excluding hydrogens is 280 g/mol. The summed E-state index contributed by atoms with van der Waals surface area (Å²) in [6.45, 7) is 6.98. The first-order valence-corrected chi connectivity index (χ1v) is 7.07. The monoisotopic (exact) mass is 306 g/mol. The highest BCUT2D eigenvalue weighted by Crippen LogP contribution is 1.97. The zero-order valence-corrected chi connectivity index (χ0v) is 13.3. The molecule has 1 heterocycles. The number of halogens is 1. The Labute approximate surface area is 127 Å². The molecule has 20 heavy (non-hydrogen) atoms. The molecule has 6 nitrogen and oxygen atoms in total. The van der Waals surface area contributed by atoms with E-state index in [-0.39, 0.29) is 30.8 Å². The van der Waals surface area contributed by atoms with Gasteiger partial charge in [-0.2, -0.15) is 0 Å². The Kier molecular flexibility index (Phi) is 10.4. The number of nitrogens with one attached hydrogen (secondary N) is 2. The van der Waals surface area contributed by atoms with Gasteiger partial charge in [0.1, 0.15) is 0 Å². The molecular formula is C13H27ClN4O2. The maximum atomic E-state index is 12.0. The van der Waals surface area contributed by atoms with Crippen LogP contribution in [0.25, 0.3) is 0 Å². The van der Waals surface area contributed by atoms with E-state index < -0.39 is 0 Å². The van der Waals surface area contributed by atoms with E-state index in [0.717, 1.165) is 39.0 Å². The standard InChI is InChI=1S/C13H26N4O2.ClH/c1-3-5-15-12(18)10-16(2)13(19)11-17-8-4-6-14-7-9-17;/h14H,3-11H2,1-2H3,(H,15,18);1H. The highest BCUT2D eigenvalue weighted by molar-refractivity contribution is 5.85. The third-order valence-electron chi connectivity index (χ3n) is 3.17. The molecule has 0 aromatic heterocycles. The number of likely N-dealkylation sites (N-methyl/N-ethyl adjacent to an activating group) is 1. The average Bonchev–Trinajstić information content (AvgIpc) is 2.64. The summed E-state index contributed by atoms with van der Waals surface area (Å²) >= 11 is 0. The van der Waals surface area contributed by atoms with Crippen molar-refractivity contribution >= 4 is 24.2 Å². The second-order valence-corrected chi connectivity index (χ2v) is 4.98. The summed E-state index contributed by atoms with van der Waals surface area (Å²) in [4.78, 5) is 27.2. The van der Waals surface area contributed by atoms with E-state index in [4.69, 9.17) is 0 Å². The lowest BCUT2D eigenvalue weighted by Gasteiger charge is -2.23. The molecule has 0 unspecified atom stereocenters. The topological polar surface area (TPSA) is 64.7 Å². The summed E-state index contributed by atoms with van der Waals surface area (Å²) in [5, 5.41) is 6.08. The van der Waals surface area contributed by atoms with Gasteiger partial charge in [-0.05, 0) is 25.9 Å². The van der Waals surface area contributed by atoms with Gasteiger partial charge in [0.15, 0.2) is 0 Å². The molecule has 2 N–H and O–H groups in total. The third-order valence-corrected chi connectivity index (χ3v) is 3.17. The number of rotatable bonds is 6. The lowest BCUT2D eigenvalue weighted by atomic mass is 10.3. The summed E-state index contributed by atoms with van der Waals surface area (Å²) in [6, 6.07) is 0. The first kappa shape index (κ1) is 19.1. The van der Waals surface area contributed by atoms with Crippen LogP contribution in [0.5, 0.6) is 0 Å². The van der Waals surface area contributed by atoms with Crippen molar-refractivity contribution in [1.82, 2.24) is 20.4 Å². The maximum absolute atomic E-state index is 12.0. The zero-order chi connectivity index (χ0) is 14.1. The summed E-state index contributed by atoms with van der Waals surface area (Å²) in [7, 11) is 1.68. The molecule has 0 aromatic carbocycles. The molecule has 0 aliphatic carbocycles. The van der Waals surface area contributed by atoms with E-state index >= 15 is 0 Å². The Morgan fingerprint density at radius 3 is 2.75 bits per heavy atom. The summed E-state index contributed by atoms with van der Waals surface area (Å²) in [5.74, 6) is -0.0798. The Hall–Kier alpha value is -0.850. The van der Waals surface area contributed by atoms with E-state index in [9.17, 15) is 9.59 Å². The van der Waals surface area contributed by atoms with Crippen molar-refractivity contribution in [2.45, 2.75) is 19.8 Å². The fourth-order valence-corrected chi connectivity index (χ4v) is 2.00. The normalized spacial score (nSPS) is 15.9. The molecule has 0 bridgehead atoms. The van der Waals surface area contributed by atoms with E-state index in [1.165, 1.54) is 4.90 Å². The van der Waals surface area contributed by atoms with Crippen LogP contribution in [-0.2, 0) is 9.59 Å². The molecule has 0 saturated carbocycles. The second kappa shape index (κ2) is 10.9. The first-order chi connectivity index (χ1) is 9.13. The van der Waals surface area contributed by atoms with E-state index in [1.807, 2.05) is 6.92 Å². The molecule has 1 fully saturated rings. The second-order valence-electron chi connectivity index (χ2n) is 4.98. The van der Waals surface area contributed by atoms with Crippen LogP contribution in [0.2, 0.25) is 0 Å². The largest absolute Gasteiger partial charge is 0.355 e. The van der Waals surface area contributed by atoms with Gasteiger partial charge in [0.05, 0.1) is 13.1 Å². The van der Waals surface area contributed by atoms with Gasteiger partial charge in [-0.1, -0.05) is 6.92 Å². The molecule has 2 amide bonds. The van der Waals surface area contributed by atoms with Crippen molar-refractivity contribution in [1.29, 1.82) is 0 Å². The molecule has 7 heteroatoms. The number of hydrogen-bond donors (Lipinski definition) is 2. The first-order valence-electron chi connectivity index (χ1n) is 7.07. The summed E-state index contributed by atoms with van der Waals surface area (Å²) in [5.41, 5.74) is 0. The van der Waals surface area contributed by atoms with E-state index in [2.05, 4.69) is 15.5 Å². The van der Waals surface area contributed by atoms with Crippen LogP contribution < -0.4 is 10.6 Å². The highest BCUT2D eigenvalue weighted by Gasteiger charge is 2.17. The van der Waals surface area contributed by atoms with Crippen LogP contribution in [0.3, 0.4) is 0 Å². The van der Waals surface area contributed by atoms with Crippen LogP contribution >= 0.6 is 12.4 Å². The molecule has 1 aliphatic rings. The molecule has 0 atom stereocenters. The Balaban J connectivity index is 0.00000361. The molecule has 0 aromatic rings. The maximum Gasteiger partial charge on any atom is 0.239 e. The van der Waals surface area contributed by atoms with Crippen molar-refractivity contribution in [3.8, 4) is 0 Å². The third kappa shape index (κ3) is 7.67. The van der Waals surface area contributed by atoms with E-state index in [1.54, 1.807) is 7.05 Å². The smallest absolute Gasteiger partial charge is 0.239 e. The predicted octanol–water partition coefficient (Wildman–Crippen LogP) is -0.312. The summed E-state index contributed by atoms with van der Waals surface area (Å²) < 4.78 is 0. The van der Waals surface area contributed by atoms with Crippen LogP contribution in [-0.4, -0.2) is 74.5 Å². The molecule has 0 radical (unpaired) electrons. The van der Waals surface area contributed by atoms with Crippen molar-refractivity contribution < 1.29 is 9.59 Å². The van der Waals surface area contributed by atoms with Crippen LogP contribution in [0.4, 0.5) is 0 Å². The van der Waals surface area contributed by atoms with Crippen molar-refractivity contribution in [3.05, 3.63) is 0 Å². The Morgan fingerprint density at radius 1 is 1.30 bits per heavy atom. The van der Waals surface area contributed by atoms with Crippen molar-refractivity contribution in [2.24, 2.45) is 0 Å². The number of carbonyl (C=O) groups excluding carboxylic acids is 2. The van der Waals surface area contributed by atoms with Gasteiger partial charge < -0.3 is 15.5 Å². The molecule has 1 aliphatic heterocycles. The fraction of sp³-hybridized carbons (Fsp3) is 0.846. The van der Waals surface area contributed by atoms with Crippen molar-refractivity contribution in [3.63, 3.8) is 0 Å². The van der Waals surface area contributed by atoms with Crippen LogP contribution in [0, 0.1) is 0 Å². The minimum Gasteiger partial charge on any atom is -0.355 e. The SMILES string of the molecule is CCCNC(=O)CN(C)C(=O)CN1CCCNCC1.Cl. The molecule has 1 rings (SSSR count). The number of nitrogens with zero attached hydrogens (tertiary/aromatic N) is 2. The Bertz CT molecular complexity index is 294. The number of hydrogen-bond acceptors (Lipinski definition) is 4. The number of amides is 2. The minimum absolute atomic E-state index is 0. The summed E-state index contributed by atoms with van der Waals surface area (Å²) in [6.07, 6.45) is 1.97. The van der Waals surface area contributed by atoms with E-state index in [0.29, 0.717) is 13.1 Å². The molecule has 1 saturated heterocycles. The van der Waals surface area contributed by atoms with Gasteiger partial charge in [-0.15, -0.1) is 12.4 Å². The lowest BCUT2D eigenvalue weighted by Crippen LogP contribution is -2.44. The van der Waals surface area contributed by atoms with Gasteiger partial charge >= 0.3 is 0 Å². The van der Waals surface area contributed by atoms with Crippen LogP contribution in [0.15, 0.2) is 0 Å². The Morgan fingerprint density at radius 2 is 2.05 bits per heavy atom. The van der Waals surface area contributed by atoms with Crippen LogP contribution in [0.1, 0.15) is 19.8 Å². The molecule has 0 spiro atoms.